The van der Waals surface area contributed by atoms with Crippen molar-refractivity contribution in [2.24, 2.45) is 10.8 Å². The summed E-state index contributed by atoms with van der Waals surface area (Å²) in [5, 5.41) is 18.8. The number of hydrogen-bond donors (Lipinski definition) is 3. The van der Waals surface area contributed by atoms with E-state index in [1.807, 2.05) is 0 Å². The molecule has 2 atom stereocenters. The van der Waals surface area contributed by atoms with Gasteiger partial charge in [0.05, 0.1) is 10.8 Å². The molecule has 1 aromatic rings. The number of carboxylic acid groups (broad SMARTS) is 2. The van der Waals surface area contributed by atoms with Crippen molar-refractivity contribution >= 4 is 11.9 Å². The van der Waals surface area contributed by atoms with Crippen LogP contribution < -0.4 is 5.43 Å². The summed E-state index contributed by atoms with van der Waals surface area (Å²) in [6.07, 6.45) is 1.81. The summed E-state index contributed by atoms with van der Waals surface area (Å²) in [6.45, 7) is 4.19. The van der Waals surface area contributed by atoms with Crippen molar-refractivity contribution in [3.05, 3.63) is 33.2 Å². The van der Waals surface area contributed by atoms with Gasteiger partial charge in [-0.2, -0.15) is 0 Å². The van der Waals surface area contributed by atoms with E-state index in [0.29, 0.717) is 23.4 Å². The van der Waals surface area contributed by atoms with Crippen LogP contribution in [0, 0.1) is 24.7 Å². The molecule has 22 heavy (non-hydrogen) atoms. The third-order valence-corrected chi connectivity index (χ3v) is 5.20. The highest BCUT2D eigenvalue weighted by atomic mass is 16.4. The largest absolute Gasteiger partial charge is 0.481 e. The monoisotopic (exact) mass is 306 g/mol. The Balaban J connectivity index is 1.85. The number of H-pyrrole nitrogens is 1. The minimum absolute atomic E-state index is 0.0426. The molecule has 0 spiro atoms. The Morgan fingerprint density at radius 1 is 1.23 bits per heavy atom. The van der Waals surface area contributed by atoms with Crippen LogP contribution in [0.3, 0.4) is 0 Å². The Morgan fingerprint density at radius 3 is 2.27 bits per heavy atom. The zero-order valence-corrected chi connectivity index (χ0v) is 12.5. The van der Waals surface area contributed by atoms with Crippen LogP contribution in [0.2, 0.25) is 0 Å². The van der Waals surface area contributed by atoms with Crippen LogP contribution in [0.25, 0.3) is 0 Å². The van der Waals surface area contributed by atoms with Crippen LogP contribution in [0.15, 0.2) is 11.0 Å². The third kappa shape index (κ3) is 1.75. The number of aliphatic carboxylic acids is 2. The number of piperidine rings is 1. The molecule has 1 aliphatic heterocycles. The molecule has 2 aliphatic rings. The predicted molar refractivity (Wildman–Crippen MR) is 76.6 cm³/mol. The summed E-state index contributed by atoms with van der Waals surface area (Å²) in [5.41, 5.74) is -0.490. The van der Waals surface area contributed by atoms with Crippen LogP contribution in [0.5, 0.6) is 0 Å². The Labute approximate surface area is 126 Å². The maximum atomic E-state index is 12.0. The lowest BCUT2D eigenvalue weighted by Gasteiger charge is -2.20. The van der Waals surface area contributed by atoms with E-state index in [-0.39, 0.29) is 24.9 Å². The van der Waals surface area contributed by atoms with Crippen molar-refractivity contribution in [3.63, 3.8) is 0 Å². The molecule has 0 radical (unpaired) electrons. The fourth-order valence-electron chi connectivity index (χ4n) is 3.70. The van der Waals surface area contributed by atoms with Gasteiger partial charge in [-0.1, -0.05) is 0 Å². The summed E-state index contributed by atoms with van der Waals surface area (Å²) < 4.78 is 0. The van der Waals surface area contributed by atoms with Crippen LogP contribution in [0.1, 0.15) is 23.2 Å². The fraction of sp³-hybridized carbons (Fsp3) is 0.533. The van der Waals surface area contributed by atoms with E-state index in [1.165, 1.54) is 0 Å². The van der Waals surface area contributed by atoms with E-state index in [1.54, 1.807) is 24.9 Å². The molecule has 0 aromatic carbocycles. The van der Waals surface area contributed by atoms with Crippen molar-refractivity contribution in [2.45, 2.75) is 26.8 Å². The second-order valence-electron chi connectivity index (χ2n) is 6.50. The van der Waals surface area contributed by atoms with Gasteiger partial charge in [0.15, 0.2) is 5.43 Å². The standard InChI is InChI=1S/C15H18N2O5/c1-8-3-16-10(9(2)11(8)18)4-17-6-14(12(19)20)5-15(14,7-17)13(21)22/h3H,4-7H2,1-2H3,(H,16,18)(H,19,20)(H,21,22)/t14-,15+. The number of fused-ring (bicyclic) bond motifs is 1. The third-order valence-electron chi connectivity index (χ3n) is 5.20. The molecule has 0 bridgehead atoms. The van der Waals surface area contributed by atoms with Crippen molar-refractivity contribution in [1.82, 2.24) is 9.88 Å². The Morgan fingerprint density at radius 2 is 1.77 bits per heavy atom. The number of aromatic nitrogens is 1. The number of aryl methyl sites for hydroxylation is 1. The van der Waals surface area contributed by atoms with Gasteiger partial charge >= 0.3 is 11.9 Å². The minimum atomic E-state index is -1.18. The highest BCUT2D eigenvalue weighted by Crippen LogP contribution is 2.68. The van der Waals surface area contributed by atoms with Gasteiger partial charge in [-0.05, 0) is 20.3 Å². The van der Waals surface area contributed by atoms with Crippen molar-refractivity contribution in [2.75, 3.05) is 13.1 Å². The van der Waals surface area contributed by atoms with Gasteiger partial charge in [0.25, 0.3) is 0 Å². The maximum absolute atomic E-state index is 12.0. The number of rotatable bonds is 4. The van der Waals surface area contributed by atoms with Gasteiger partial charge in [0, 0.05) is 42.7 Å². The first-order chi connectivity index (χ1) is 10.2. The van der Waals surface area contributed by atoms with E-state index in [9.17, 15) is 24.6 Å². The Bertz CT molecular complexity index is 712. The Hall–Kier alpha value is -2.15. The lowest BCUT2D eigenvalue weighted by molar-refractivity contribution is -0.151. The van der Waals surface area contributed by atoms with Crippen LogP contribution in [-0.2, 0) is 16.1 Å². The smallest absolute Gasteiger partial charge is 0.312 e. The molecule has 3 rings (SSSR count). The van der Waals surface area contributed by atoms with Gasteiger partial charge < -0.3 is 15.2 Å². The van der Waals surface area contributed by atoms with Gasteiger partial charge in [0.2, 0.25) is 0 Å². The molecule has 2 heterocycles. The zero-order valence-electron chi connectivity index (χ0n) is 12.5. The molecule has 1 saturated heterocycles. The molecule has 3 N–H and O–H groups in total. The number of carboxylic acids is 2. The van der Waals surface area contributed by atoms with Gasteiger partial charge in [0.1, 0.15) is 0 Å². The second-order valence-corrected chi connectivity index (χ2v) is 6.50. The van der Waals surface area contributed by atoms with Gasteiger partial charge in [-0.3, -0.25) is 19.3 Å². The minimum Gasteiger partial charge on any atom is -0.481 e. The molecule has 7 nitrogen and oxygen atoms in total. The molecule has 0 amide bonds. The highest BCUT2D eigenvalue weighted by molar-refractivity contribution is 5.94. The number of pyridine rings is 1. The van der Waals surface area contributed by atoms with Crippen molar-refractivity contribution in [3.8, 4) is 0 Å². The number of hydrogen-bond acceptors (Lipinski definition) is 4. The first kappa shape index (κ1) is 14.8. The summed E-state index contributed by atoms with van der Waals surface area (Å²) in [4.78, 5) is 39.8. The highest BCUT2D eigenvalue weighted by Gasteiger charge is 2.80. The van der Waals surface area contributed by atoms with Gasteiger partial charge in [-0.25, -0.2) is 0 Å². The topological polar surface area (TPSA) is 111 Å². The molecule has 1 aliphatic carbocycles. The molecule has 1 saturated carbocycles. The van der Waals surface area contributed by atoms with E-state index in [0.717, 1.165) is 0 Å². The number of aromatic amines is 1. The zero-order chi connectivity index (χ0) is 16.3. The van der Waals surface area contributed by atoms with Crippen LogP contribution in [0.4, 0.5) is 0 Å². The first-order valence-electron chi connectivity index (χ1n) is 7.10. The second kappa shape index (κ2) is 4.42. The quantitative estimate of drug-likeness (QED) is 0.740. The lowest BCUT2D eigenvalue weighted by Crippen LogP contribution is -2.30. The summed E-state index contributed by atoms with van der Waals surface area (Å²) in [5.74, 6) is -2.10. The average Bonchev–Trinajstić information content (AvgIpc) is 3.00. The summed E-state index contributed by atoms with van der Waals surface area (Å²) >= 11 is 0. The number of carbonyl (C=O) groups is 2. The van der Waals surface area contributed by atoms with Crippen LogP contribution >= 0.6 is 0 Å². The first-order valence-corrected chi connectivity index (χ1v) is 7.10. The molecular formula is C15H18N2O5. The van der Waals surface area contributed by atoms with Gasteiger partial charge in [-0.15, -0.1) is 0 Å². The SMILES string of the molecule is Cc1c[nH]c(CN2C[C@@]3(C(=O)O)C[C@@]3(C(=O)O)C2)c(C)c1=O. The number of nitrogens with zero attached hydrogens (tertiary/aromatic N) is 1. The summed E-state index contributed by atoms with van der Waals surface area (Å²) in [6, 6.07) is 0. The summed E-state index contributed by atoms with van der Waals surface area (Å²) in [7, 11) is 0. The lowest BCUT2D eigenvalue weighted by atomic mass is 9.97. The molecule has 0 unspecified atom stereocenters. The fourth-order valence-corrected chi connectivity index (χ4v) is 3.70. The normalized spacial score (nSPS) is 30.1. The average molecular weight is 306 g/mol. The molecule has 1 aromatic heterocycles. The van der Waals surface area contributed by atoms with E-state index in [2.05, 4.69) is 4.98 Å². The van der Waals surface area contributed by atoms with E-state index < -0.39 is 22.8 Å². The number of likely N-dealkylation sites (tertiary alicyclic amines) is 1. The van der Waals surface area contributed by atoms with E-state index in [4.69, 9.17) is 0 Å². The maximum Gasteiger partial charge on any atom is 0.312 e. The van der Waals surface area contributed by atoms with Crippen molar-refractivity contribution < 1.29 is 19.8 Å². The van der Waals surface area contributed by atoms with E-state index >= 15 is 0 Å². The number of nitrogens with one attached hydrogen (secondary N) is 1. The molecular weight excluding hydrogens is 288 g/mol. The molecule has 2 fully saturated rings. The molecule has 118 valence electrons. The molecule has 7 heteroatoms. The Kier molecular flexibility index (Phi) is 2.97. The predicted octanol–water partition coefficient (Wildman–Crippen LogP) is 0.353. The van der Waals surface area contributed by atoms with Crippen molar-refractivity contribution in [1.29, 1.82) is 0 Å². The van der Waals surface area contributed by atoms with Crippen LogP contribution in [-0.4, -0.2) is 45.1 Å².